The highest BCUT2D eigenvalue weighted by molar-refractivity contribution is 6.28. The predicted molar refractivity (Wildman–Crippen MR) is 115 cm³/mol. The number of rotatable bonds is 1. The molecule has 0 radical (unpaired) electrons. The Balaban J connectivity index is 1.65. The van der Waals surface area contributed by atoms with E-state index in [4.69, 9.17) is 4.99 Å². The van der Waals surface area contributed by atoms with Crippen molar-refractivity contribution in [2.45, 2.75) is 39.7 Å². The third-order valence-corrected chi connectivity index (χ3v) is 6.34. The Morgan fingerprint density at radius 2 is 1.76 bits per heavy atom. The summed E-state index contributed by atoms with van der Waals surface area (Å²) < 4.78 is 0. The van der Waals surface area contributed by atoms with Crippen molar-refractivity contribution in [3.05, 3.63) is 64.3 Å². The second-order valence-electron chi connectivity index (χ2n) is 8.25. The van der Waals surface area contributed by atoms with Crippen LogP contribution in [0, 0.1) is 27.7 Å². The van der Waals surface area contributed by atoms with Gasteiger partial charge in [-0.15, -0.1) is 0 Å². The summed E-state index contributed by atoms with van der Waals surface area (Å²) in [6.45, 7) is 8.58. The van der Waals surface area contributed by atoms with Crippen LogP contribution < -0.4 is 4.90 Å². The van der Waals surface area contributed by atoms with Crippen molar-refractivity contribution in [2.75, 3.05) is 11.4 Å². The van der Waals surface area contributed by atoms with Gasteiger partial charge in [0.15, 0.2) is 5.60 Å². The van der Waals surface area contributed by atoms with Crippen molar-refractivity contribution >= 4 is 33.9 Å². The molecule has 1 aromatic heterocycles. The molecule has 1 N–H and O–H groups in total. The standard InChI is InChI=1S/C24H23N3O2/c1-13-10-19-21(11-14(13)2)26-23-24(29,22(19)28)7-8-27(23)18-5-6-20-17(12-18)9-15(3)16(4)25-20/h5-6,9-12,29H,7-8H2,1-4H3/t24-/m1/s1. The van der Waals surface area contributed by atoms with Crippen molar-refractivity contribution in [1.82, 2.24) is 4.98 Å². The molecule has 5 rings (SSSR count). The molecular formula is C24H23N3O2. The maximum atomic E-state index is 13.2. The van der Waals surface area contributed by atoms with Crippen LogP contribution in [0.5, 0.6) is 0 Å². The molecular weight excluding hydrogens is 362 g/mol. The van der Waals surface area contributed by atoms with Gasteiger partial charge in [0.1, 0.15) is 5.84 Å². The zero-order chi connectivity index (χ0) is 20.5. The van der Waals surface area contributed by atoms with Crippen LogP contribution in [0.15, 0.2) is 41.4 Å². The molecule has 2 aliphatic rings. The van der Waals surface area contributed by atoms with Crippen molar-refractivity contribution in [3.63, 3.8) is 0 Å². The molecule has 1 atom stereocenters. The number of fused-ring (bicyclic) bond motifs is 3. The number of ketones is 1. The number of anilines is 1. The van der Waals surface area contributed by atoms with Gasteiger partial charge in [-0.3, -0.25) is 9.78 Å². The van der Waals surface area contributed by atoms with Crippen molar-refractivity contribution in [3.8, 4) is 0 Å². The highest BCUT2D eigenvalue weighted by atomic mass is 16.3. The maximum absolute atomic E-state index is 13.2. The molecule has 0 bridgehead atoms. The summed E-state index contributed by atoms with van der Waals surface area (Å²) in [7, 11) is 0. The van der Waals surface area contributed by atoms with E-state index in [9.17, 15) is 9.90 Å². The van der Waals surface area contributed by atoms with Gasteiger partial charge < -0.3 is 10.0 Å². The van der Waals surface area contributed by atoms with Crippen molar-refractivity contribution in [1.29, 1.82) is 0 Å². The molecule has 5 nitrogen and oxygen atoms in total. The van der Waals surface area contributed by atoms with E-state index in [1.54, 1.807) is 0 Å². The van der Waals surface area contributed by atoms with Crippen LogP contribution in [-0.2, 0) is 0 Å². The zero-order valence-electron chi connectivity index (χ0n) is 17.1. The maximum Gasteiger partial charge on any atom is 0.204 e. The van der Waals surface area contributed by atoms with Crippen LogP contribution in [0.1, 0.15) is 39.2 Å². The van der Waals surface area contributed by atoms with E-state index >= 15 is 0 Å². The molecule has 3 aromatic rings. The fourth-order valence-corrected chi connectivity index (χ4v) is 4.28. The van der Waals surface area contributed by atoms with Crippen molar-refractivity contribution in [2.24, 2.45) is 4.99 Å². The minimum atomic E-state index is -1.56. The van der Waals surface area contributed by atoms with E-state index in [1.807, 2.05) is 56.9 Å². The SMILES string of the molecule is Cc1cc2c(cc1C)C(=O)[C@]1(O)CCN(c3ccc4nc(C)c(C)cc4c3)C1=N2. The van der Waals surface area contributed by atoms with Gasteiger partial charge in [-0.05, 0) is 80.8 Å². The second kappa shape index (κ2) is 5.97. The molecule has 1 saturated heterocycles. The van der Waals surface area contributed by atoms with Gasteiger partial charge >= 0.3 is 0 Å². The molecule has 0 aliphatic carbocycles. The predicted octanol–water partition coefficient (Wildman–Crippen LogP) is 4.34. The molecule has 1 fully saturated rings. The zero-order valence-corrected chi connectivity index (χ0v) is 17.1. The number of nitrogens with zero attached hydrogens (tertiary/aromatic N) is 3. The number of benzene rings is 2. The van der Waals surface area contributed by atoms with E-state index in [0.717, 1.165) is 39.0 Å². The Labute approximate surface area is 169 Å². The minimum absolute atomic E-state index is 0.253. The Kier molecular flexibility index (Phi) is 3.71. The lowest BCUT2D eigenvalue weighted by Gasteiger charge is -2.30. The molecule has 3 heterocycles. The lowest BCUT2D eigenvalue weighted by atomic mass is 9.86. The average molecular weight is 385 g/mol. The number of carbonyl (C=O) groups is 1. The number of aliphatic hydroxyl groups is 1. The summed E-state index contributed by atoms with van der Waals surface area (Å²) in [5.41, 5.74) is 5.70. The lowest BCUT2D eigenvalue weighted by Crippen LogP contribution is -2.48. The fourth-order valence-electron chi connectivity index (χ4n) is 4.28. The molecule has 2 aromatic carbocycles. The quantitative estimate of drug-likeness (QED) is 0.677. The van der Waals surface area contributed by atoms with Gasteiger partial charge in [-0.25, -0.2) is 4.99 Å². The number of amidine groups is 1. The van der Waals surface area contributed by atoms with E-state index in [-0.39, 0.29) is 5.78 Å². The number of aliphatic imine (C=N–C) groups is 1. The van der Waals surface area contributed by atoms with Gasteiger partial charge in [0, 0.05) is 35.3 Å². The molecule has 146 valence electrons. The monoisotopic (exact) mass is 385 g/mol. The molecule has 0 spiro atoms. The van der Waals surface area contributed by atoms with Gasteiger partial charge in [0.2, 0.25) is 5.78 Å². The van der Waals surface area contributed by atoms with Gasteiger partial charge in [0.25, 0.3) is 0 Å². The fraction of sp³-hybridized carbons (Fsp3) is 0.292. The van der Waals surface area contributed by atoms with Crippen LogP contribution in [0.4, 0.5) is 11.4 Å². The Hall–Kier alpha value is -3.05. The van der Waals surface area contributed by atoms with Gasteiger partial charge in [-0.1, -0.05) is 0 Å². The number of Topliss-reactive ketones (excluding diaryl/α,β-unsaturated/α-hetero) is 1. The summed E-state index contributed by atoms with van der Waals surface area (Å²) in [5, 5.41) is 12.3. The normalized spacial score (nSPS) is 20.7. The summed E-state index contributed by atoms with van der Waals surface area (Å²) >= 11 is 0. The van der Waals surface area contributed by atoms with Gasteiger partial charge in [0.05, 0.1) is 11.2 Å². The van der Waals surface area contributed by atoms with Crippen LogP contribution in [0.25, 0.3) is 10.9 Å². The first kappa shape index (κ1) is 18.0. The number of carbonyl (C=O) groups excluding carboxylic acids is 1. The van der Waals surface area contributed by atoms with Crippen LogP contribution in [0.3, 0.4) is 0 Å². The first-order chi connectivity index (χ1) is 13.8. The van der Waals surface area contributed by atoms with Crippen molar-refractivity contribution < 1.29 is 9.90 Å². The van der Waals surface area contributed by atoms with Crippen LogP contribution >= 0.6 is 0 Å². The molecule has 0 amide bonds. The number of pyridine rings is 1. The van der Waals surface area contributed by atoms with Crippen LogP contribution in [-0.4, -0.2) is 33.9 Å². The summed E-state index contributed by atoms with van der Waals surface area (Å²) in [5.74, 6) is 0.173. The minimum Gasteiger partial charge on any atom is -0.374 e. The molecule has 5 heteroatoms. The summed E-state index contributed by atoms with van der Waals surface area (Å²) in [6.07, 6.45) is 0.334. The van der Waals surface area contributed by atoms with E-state index in [1.165, 1.54) is 0 Å². The van der Waals surface area contributed by atoms with E-state index in [0.29, 0.717) is 30.1 Å². The number of hydrogen-bond acceptors (Lipinski definition) is 5. The topological polar surface area (TPSA) is 65.8 Å². The van der Waals surface area contributed by atoms with E-state index in [2.05, 4.69) is 17.1 Å². The number of aryl methyl sites for hydroxylation is 4. The summed E-state index contributed by atoms with van der Waals surface area (Å²) in [4.78, 5) is 24.6. The van der Waals surface area contributed by atoms with Gasteiger partial charge in [-0.2, -0.15) is 0 Å². The molecule has 0 unspecified atom stereocenters. The highest BCUT2D eigenvalue weighted by Crippen LogP contribution is 2.40. The first-order valence-corrected chi connectivity index (χ1v) is 9.91. The molecule has 2 aliphatic heterocycles. The second-order valence-corrected chi connectivity index (χ2v) is 8.25. The third kappa shape index (κ3) is 2.54. The largest absolute Gasteiger partial charge is 0.374 e. The molecule has 0 saturated carbocycles. The third-order valence-electron chi connectivity index (χ3n) is 6.34. The Bertz CT molecular complexity index is 1240. The number of aromatic nitrogens is 1. The Morgan fingerprint density at radius 3 is 2.55 bits per heavy atom. The first-order valence-electron chi connectivity index (χ1n) is 9.91. The average Bonchev–Trinajstić information content (AvgIpc) is 3.02. The van der Waals surface area contributed by atoms with Crippen LogP contribution in [0.2, 0.25) is 0 Å². The Morgan fingerprint density at radius 1 is 1.00 bits per heavy atom. The highest BCUT2D eigenvalue weighted by Gasteiger charge is 2.52. The smallest absolute Gasteiger partial charge is 0.204 e. The molecule has 29 heavy (non-hydrogen) atoms. The van der Waals surface area contributed by atoms with E-state index < -0.39 is 5.60 Å². The summed E-state index contributed by atoms with van der Waals surface area (Å²) in [6, 6.07) is 11.9. The number of hydrogen-bond donors (Lipinski definition) is 1. The lowest BCUT2D eigenvalue weighted by molar-refractivity contribution is 0.0602.